The van der Waals surface area contributed by atoms with Crippen molar-refractivity contribution in [3.05, 3.63) is 17.9 Å². The van der Waals surface area contributed by atoms with Gasteiger partial charge in [-0.15, -0.1) is 0 Å². The number of hydrogen-bond donors (Lipinski definition) is 2. The third-order valence-corrected chi connectivity index (χ3v) is 4.06. The number of furan rings is 1. The molecule has 5 nitrogen and oxygen atoms in total. The molecule has 0 aliphatic heterocycles. The SMILES string of the molecule is CSc1ccc(C(=O)NC2(CC(=O)O)CCCC2)o1. The van der Waals surface area contributed by atoms with Gasteiger partial charge in [0.1, 0.15) is 0 Å². The molecular formula is C13H17NO4S. The van der Waals surface area contributed by atoms with Gasteiger partial charge < -0.3 is 14.8 Å². The van der Waals surface area contributed by atoms with Gasteiger partial charge in [0.2, 0.25) is 0 Å². The number of carbonyl (C=O) groups excluding carboxylic acids is 1. The van der Waals surface area contributed by atoms with Crippen LogP contribution in [0.3, 0.4) is 0 Å². The summed E-state index contributed by atoms with van der Waals surface area (Å²) >= 11 is 1.42. The Kier molecular flexibility index (Phi) is 4.19. The van der Waals surface area contributed by atoms with E-state index >= 15 is 0 Å². The number of carboxylic acids is 1. The standard InChI is InChI=1S/C13H17NO4S/c1-19-11-5-4-9(18-11)12(17)14-13(8-10(15)16)6-2-3-7-13/h4-5H,2-3,6-8H2,1H3,(H,14,17)(H,15,16). The van der Waals surface area contributed by atoms with E-state index in [1.165, 1.54) is 11.8 Å². The van der Waals surface area contributed by atoms with Crippen molar-refractivity contribution in [3.63, 3.8) is 0 Å². The third-order valence-electron chi connectivity index (χ3n) is 3.44. The van der Waals surface area contributed by atoms with Gasteiger partial charge in [-0.3, -0.25) is 9.59 Å². The first-order valence-electron chi connectivity index (χ1n) is 6.23. The highest BCUT2D eigenvalue weighted by atomic mass is 32.2. The lowest BCUT2D eigenvalue weighted by molar-refractivity contribution is -0.138. The van der Waals surface area contributed by atoms with Crippen LogP contribution in [0.2, 0.25) is 0 Å². The molecule has 0 radical (unpaired) electrons. The second-order valence-corrected chi connectivity index (χ2v) is 5.65. The molecule has 6 heteroatoms. The highest BCUT2D eigenvalue weighted by Crippen LogP contribution is 2.33. The molecule has 1 aromatic heterocycles. The van der Waals surface area contributed by atoms with Gasteiger partial charge in [0.05, 0.1) is 12.0 Å². The minimum atomic E-state index is -0.883. The number of rotatable bonds is 5. The summed E-state index contributed by atoms with van der Waals surface area (Å²) in [6, 6.07) is 3.35. The largest absolute Gasteiger partial charge is 0.481 e. The number of aliphatic carboxylic acids is 1. The molecule has 1 aromatic rings. The van der Waals surface area contributed by atoms with Gasteiger partial charge in [0.15, 0.2) is 10.9 Å². The first-order chi connectivity index (χ1) is 9.04. The van der Waals surface area contributed by atoms with Crippen LogP contribution in [0, 0.1) is 0 Å². The molecule has 2 N–H and O–H groups in total. The molecule has 1 aliphatic rings. The van der Waals surface area contributed by atoms with E-state index in [-0.39, 0.29) is 18.1 Å². The Bertz CT molecular complexity index is 477. The van der Waals surface area contributed by atoms with E-state index in [9.17, 15) is 9.59 Å². The average molecular weight is 283 g/mol. The first-order valence-corrected chi connectivity index (χ1v) is 7.45. The lowest BCUT2D eigenvalue weighted by Gasteiger charge is -2.28. The van der Waals surface area contributed by atoms with E-state index in [1.807, 2.05) is 6.26 Å². The predicted molar refractivity (Wildman–Crippen MR) is 71.4 cm³/mol. The zero-order valence-electron chi connectivity index (χ0n) is 10.8. The van der Waals surface area contributed by atoms with Crippen LogP contribution in [0.25, 0.3) is 0 Å². The molecular weight excluding hydrogens is 266 g/mol. The molecule has 0 saturated heterocycles. The van der Waals surface area contributed by atoms with Crippen molar-refractivity contribution in [2.24, 2.45) is 0 Å². The fourth-order valence-corrected chi connectivity index (χ4v) is 2.92. The minimum absolute atomic E-state index is 0.0329. The van der Waals surface area contributed by atoms with Crippen molar-refractivity contribution in [2.45, 2.75) is 42.7 Å². The highest BCUT2D eigenvalue weighted by Gasteiger charge is 2.38. The summed E-state index contributed by atoms with van der Waals surface area (Å²) in [6.07, 6.45) is 5.14. The molecule has 1 amide bonds. The van der Waals surface area contributed by atoms with Crippen LogP contribution < -0.4 is 5.32 Å². The molecule has 1 saturated carbocycles. The van der Waals surface area contributed by atoms with Crippen molar-refractivity contribution in [1.82, 2.24) is 5.32 Å². The van der Waals surface area contributed by atoms with E-state index in [0.717, 1.165) is 12.8 Å². The summed E-state index contributed by atoms with van der Waals surface area (Å²) in [4.78, 5) is 23.1. The van der Waals surface area contributed by atoms with Gasteiger partial charge in [-0.05, 0) is 31.2 Å². The number of nitrogens with one attached hydrogen (secondary N) is 1. The lowest BCUT2D eigenvalue weighted by Crippen LogP contribution is -2.47. The second kappa shape index (κ2) is 5.69. The maximum absolute atomic E-state index is 12.1. The number of amides is 1. The van der Waals surface area contributed by atoms with Crippen molar-refractivity contribution in [3.8, 4) is 0 Å². The Labute approximate surface area is 115 Å². The summed E-state index contributed by atoms with van der Waals surface area (Å²) < 4.78 is 5.36. The Morgan fingerprint density at radius 2 is 2.11 bits per heavy atom. The quantitative estimate of drug-likeness (QED) is 0.812. The van der Waals surface area contributed by atoms with E-state index < -0.39 is 11.5 Å². The Morgan fingerprint density at radius 1 is 1.42 bits per heavy atom. The monoisotopic (exact) mass is 283 g/mol. The van der Waals surface area contributed by atoms with Crippen LogP contribution in [-0.4, -0.2) is 28.8 Å². The summed E-state index contributed by atoms with van der Waals surface area (Å²) in [5.74, 6) is -0.976. The average Bonchev–Trinajstić information content (AvgIpc) is 2.97. The van der Waals surface area contributed by atoms with Crippen molar-refractivity contribution < 1.29 is 19.1 Å². The molecule has 0 unspecified atom stereocenters. The summed E-state index contributed by atoms with van der Waals surface area (Å²) in [5.41, 5.74) is -0.616. The molecule has 1 heterocycles. The van der Waals surface area contributed by atoms with Crippen LogP contribution in [-0.2, 0) is 4.79 Å². The van der Waals surface area contributed by atoms with Crippen LogP contribution in [0.15, 0.2) is 21.6 Å². The van der Waals surface area contributed by atoms with Crippen LogP contribution in [0.4, 0.5) is 0 Å². The zero-order chi connectivity index (χ0) is 13.9. The van der Waals surface area contributed by atoms with Gasteiger partial charge in [-0.1, -0.05) is 24.6 Å². The summed E-state index contributed by atoms with van der Waals surface area (Å²) in [7, 11) is 0. The van der Waals surface area contributed by atoms with E-state index in [2.05, 4.69) is 5.32 Å². The number of carboxylic acid groups (broad SMARTS) is 1. The molecule has 2 rings (SSSR count). The van der Waals surface area contributed by atoms with E-state index in [1.54, 1.807) is 12.1 Å². The molecule has 0 atom stereocenters. The van der Waals surface area contributed by atoms with E-state index in [4.69, 9.17) is 9.52 Å². The van der Waals surface area contributed by atoms with Gasteiger partial charge in [-0.2, -0.15) is 0 Å². The molecule has 0 aromatic carbocycles. The molecule has 104 valence electrons. The van der Waals surface area contributed by atoms with Crippen molar-refractivity contribution >= 4 is 23.6 Å². The van der Waals surface area contributed by atoms with E-state index in [0.29, 0.717) is 17.9 Å². The Morgan fingerprint density at radius 3 is 2.63 bits per heavy atom. The first kappa shape index (κ1) is 14.0. The minimum Gasteiger partial charge on any atom is -0.481 e. The van der Waals surface area contributed by atoms with Crippen molar-refractivity contribution in [2.75, 3.05) is 6.26 Å². The Hall–Kier alpha value is -1.43. The summed E-state index contributed by atoms with van der Waals surface area (Å²) in [5, 5.41) is 12.5. The molecule has 1 aliphatic carbocycles. The maximum atomic E-state index is 12.1. The fourth-order valence-electron chi connectivity index (χ4n) is 2.54. The van der Waals surface area contributed by atoms with Gasteiger partial charge in [-0.25, -0.2) is 0 Å². The maximum Gasteiger partial charge on any atom is 0.305 e. The van der Waals surface area contributed by atoms with Crippen LogP contribution in [0.1, 0.15) is 42.7 Å². The topological polar surface area (TPSA) is 79.5 Å². The molecule has 0 spiro atoms. The summed E-state index contributed by atoms with van der Waals surface area (Å²) in [6.45, 7) is 0. The van der Waals surface area contributed by atoms with Crippen LogP contribution >= 0.6 is 11.8 Å². The smallest absolute Gasteiger partial charge is 0.305 e. The normalized spacial score (nSPS) is 17.3. The molecule has 19 heavy (non-hydrogen) atoms. The van der Waals surface area contributed by atoms with Crippen molar-refractivity contribution in [1.29, 1.82) is 0 Å². The van der Waals surface area contributed by atoms with Gasteiger partial charge >= 0.3 is 5.97 Å². The number of thioether (sulfide) groups is 1. The Balaban J connectivity index is 2.08. The van der Waals surface area contributed by atoms with Gasteiger partial charge in [0.25, 0.3) is 5.91 Å². The lowest BCUT2D eigenvalue weighted by atomic mass is 9.93. The highest BCUT2D eigenvalue weighted by molar-refractivity contribution is 7.98. The second-order valence-electron chi connectivity index (χ2n) is 4.83. The molecule has 0 bridgehead atoms. The third kappa shape index (κ3) is 3.32. The van der Waals surface area contributed by atoms with Crippen LogP contribution in [0.5, 0.6) is 0 Å². The van der Waals surface area contributed by atoms with Gasteiger partial charge in [0, 0.05) is 0 Å². The predicted octanol–water partition coefficient (Wildman–Crippen LogP) is 2.52. The fraction of sp³-hybridized carbons (Fsp3) is 0.538. The molecule has 1 fully saturated rings. The zero-order valence-corrected chi connectivity index (χ0v) is 11.6. The number of hydrogen-bond acceptors (Lipinski definition) is 4. The number of carbonyl (C=O) groups is 2.